The Kier molecular flexibility index (Phi) is 7.27. The first-order valence-electron chi connectivity index (χ1n) is 13.1. The lowest BCUT2D eigenvalue weighted by atomic mass is 10.1. The van der Waals surface area contributed by atoms with Crippen LogP contribution in [0.5, 0.6) is 0 Å². The highest BCUT2D eigenvalue weighted by Crippen LogP contribution is 2.45. The normalized spacial score (nSPS) is 37.7. The Morgan fingerprint density at radius 3 is 1.96 bits per heavy atom. The third-order valence-electron chi connectivity index (χ3n) is 7.57. The molecule has 23 nitrogen and oxygen atoms in total. The number of aliphatic hydroxyl groups is 2. The van der Waals surface area contributed by atoms with Crippen molar-refractivity contribution in [2.24, 2.45) is 0 Å². The molecule has 10 atom stereocenters. The van der Waals surface area contributed by atoms with Gasteiger partial charge < -0.3 is 50.0 Å². The minimum atomic E-state index is -5.04. The molecule has 0 aliphatic carbocycles. The molecule has 3 saturated heterocycles. The third-order valence-corrected chi connectivity index (χ3v) is 9.77. The SMILES string of the molecule is Nc1nc2c(ncn2[C@@H]2O[C@@H]3COP(=O)([O-])NC4[C@@H](COP(=O)([O-])N[C@@H]3C2O)O[C@@H](n2cnc3c(N)ncnc32)[C@H]4O)c(=O)[nH]1. The van der Waals surface area contributed by atoms with Crippen LogP contribution in [0.1, 0.15) is 12.5 Å². The van der Waals surface area contributed by atoms with Crippen LogP contribution in [0.2, 0.25) is 0 Å². The molecule has 3 aliphatic heterocycles. The fourth-order valence-electron chi connectivity index (χ4n) is 5.52. The Balaban J connectivity index is 1.17. The van der Waals surface area contributed by atoms with Crippen LogP contribution in [0.15, 0.2) is 23.8 Å². The van der Waals surface area contributed by atoms with Gasteiger partial charge in [-0.15, -0.1) is 0 Å². The van der Waals surface area contributed by atoms with E-state index in [-0.39, 0.29) is 34.1 Å². The quantitative estimate of drug-likeness (QED) is 0.0988. The van der Waals surface area contributed by atoms with Gasteiger partial charge in [-0.3, -0.25) is 28.0 Å². The van der Waals surface area contributed by atoms with Gasteiger partial charge in [-0.05, 0) is 0 Å². The minimum Gasteiger partial charge on any atom is -0.766 e. The maximum Gasteiger partial charge on any atom is 0.280 e. The fourth-order valence-corrected chi connectivity index (χ4v) is 7.72. The fraction of sp³-hybridized carbons (Fsp3) is 0.500. The highest BCUT2D eigenvalue weighted by molar-refractivity contribution is 7.49. The van der Waals surface area contributed by atoms with Crippen molar-refractivity contribution in [3.05, 3.63) is 29.3 Å². The number of anilines is 2. The average molecular weight is 670 g/mol. The van der Waals surface area contributed by atoms with Crippen molar-refractivity contribution in [3.63, 3.8) is 0 Å². The maximum absolute atomic E-state index is 13.1. The standard InChI is InChI=1S/C20H26N12O11P2/c21-14-10-15(24-3-23-14)31(4-25-10)18-12(33)8-6(42-18)1-40-45(38,39)30-9-7(2-41-44(36,37)29-8)43-19(13(9)34)32-5-26-11-16(32)27-20(22)28-17(11)35/h3-9,12-13,18-19,33-34H,1-2H2,(H2,21,23,24)(H2,29,36,37)(H2,30,38,39)(H3,22,27,28,35)/p-2/t6-,7-,8?,9+,12+,13?,18-,19-/m1/s1. The summed E-state index contributed by atoms with van der Waals surface area (Å²) in [7, 11) is -10.1. The van der Waals surface area contributed by atoms with Crippen LogP contribution in [-0.2, 0) is 27.7 Å². The second-order valence-electron chi connectivity index (χ2n) is 10.4. The van der Waals surface area contributed by atoms with Crippen LogP contribution in [0, 0.1) is 0 Å². The molecule has 3 fully saturated rings. The molecule has 0 aromatic carbocycles. The lowest BCUT2D eigenvalue weighted by molar-refractivity contribution is -0.209. The summed E-state index contributed by atoms with van der Waals surface area (Å²) in [5.41, 5.74) is 10.9. The summed E-state index contributed by atoms with van der Waals surface area (Å²) < 4.78 is 50.5. The summed E-state index contributed by atoms with van der Waals surface area (Å²) in [6.07, 6.45) is -5.36. The molecule has 242 valence electrons. The van der Waals surface area contributed by atoms with Gasteiger partial charge in [0.1, 0.15) is 36.3 Å². The molecule has 0 saturated carbocycles. The number of hydrogen-bond donors (Lipinski definition) is 7. The van der Waals surface area contributed by atoms with Crippen LogP contribution < -0.4 is 37.0 Å². The lowest BCUT2D eigenvalue weighted by Gasteiger charge is -2.36. The average Bonchev–Trinajstić information content (AvgIpc) is 3.72. The van der Waals surface area contributed by atoms with Crippen molar-refractivity contribution >= 4 is 49.6 Å². The molecule has 0 radical (unpaired) electrons. The van der Waals surface area contributed by atoms with Crippen molar-refractivity contribution in [2.45, 2.75) is 49.0 Å². The molecule has 0 amide bonds. The zero-order valence-corrected chi connectivity index (χ0v) is 24.3. The molecule has 0 bridgehead atoms. The molecule has 9 N–H and O–H groups in total. The van der Waals surface area contributed by atoms with Crippen LogP contribution in [0.25, 0.3) is 22.3 Å². The first-order valence-corrected chi connectivity index (χ1v) is 16.2. The Morgan fingerprint density at radius 1 is 0.844 bits per heavy atom. The van der Waals surface area contributed by atoms with Gasteiger partial charge in [-0.1, -0.05) is 0 Å². The Bertz CT molecular complexity index is 1940. The highest BCUT2D eigenvalue weighted by Gasteiger charge is 2.50. The second kappa shape index (κ2) is 10.8. The second-order valence-corrected chi connectivity index (χ2v) is 13.4. The van der Waals surface area contributed by atoms with E-state index >= 15 is 0 Å². The number of nitrogens with two attached hydrogens (primary N) is 2. The van der Waals surface area contributed by atoms with Crippen molar-refractivity contribution < 1.29 is 47.7 Å². The van der Waals surface area contributed by atoms with Crippen molar-refractivity contribution in [1.29, 1.82) is 0 Å². The van der Waals surface area contributed by atoms with Crippen molar-refractivity contribution in [2.75, 3.05) is 24.7 Å². The molecular formula is C20H24N12O11P2-2. The number of nitrogens with one attached hydrogen (secondary N) is 3. The van der Waals surface area contributed by atoms with Crippen molar-refractivity contribution in [1.82, 2.24) is 49.2 Å². The number of aromatic amines is 1. The van der Waals surface area contributed by atoms with Gasteiger partial charge in [-0.25, -0.2) is 30.1 Å². The molecule has 7 rings (SSSR count). The summed E-state index contributed by atoms with van der Waals surface area (Å²) in [5.74, 6) is -0.219. The number of H-pyrrole nitrogens is 1. The zero-order valence-electron chi connectivity index (χ0n) is 22.5. The smallest absolute Gasteiger partial charge is 0.280 e. The van der Waals surface area contributed by atoms with Gasteiger partial charge in [0.05, 0.1) is 38.0 Å². The van der Waals surface area contributed by atoms with Crippen LogP contribution in [0.4, 0.5) is 11.8 Å². The maximum atomic E-state index is 13.1. The van der Waals surface area contributed by atoms with Crippen LogP contribution in [-0.4, -0.2) is 99.0 Å². The lowest BCUT2D eigenvalue weighted by Crippen LogP contribution is -2.50. The molecule has 7 heterocycles. The predicted molar refractivity (Wildman–Crippen MR) is 143 cm³/mol. The van der Waals surface area contributed by atoms with E-state index in [1.54, 1.807) is 0 Å². The van der Waals surface area contributed by atoms with E-state index in [4.69, 9.17) is 30.0 Å². The molecule has 3 aliphatic rings. The van der Waals surface area contributed by atoms with E-state index in [0.717, 1.165) is 17.2 Å². The van der Waals surface area contributed by atoms with Gasteiger partial charge in [0.15, 0.2) is 35.1 Å². The van der Waals surface area contributed by atoms with E-state index in [9.17, 15) is 33.9 Å². The number of hydrogen-bond acceptors (Lipinski definition) is 18. The summed E-state index contributed by atoms with van der Waals surface area (Å²) >= 11 is 0. The largest absolute Gasteiger partial charge is 0.766 e. The van der Waals surface area contributed by atoms with Gasteiger partial charge >= 0.3 is 0 Å². The molecule has 25 heteroatoms. The molecule has 0 spiro atoms. The van der Waals surface area contributed by atoms with E-state index in [1.165, 1.54) is 10.9 Å². The zero-order chi connectivity index (χ0) is 31.8. The number of aliphatic hydroxyl groups excluding tert-OH is 2. The Morgan fingerprint density at radius 2 is 1.38 bits per heavy atom. The van der Waals surface area contributed by atoms with Gasteiger partial charge in [-0.2, -0.15) is 4.98 Å². The number of rotatable bonds is 2. The number of fused-ring (bicyclic) bond motifs is 4. The first kappa shape index (κ1) is 30.2. The topological polar surface area (TPSA) is 341 Å². The minimum absolute atomic E-state index is 0.0440. The Hall–Kier alpha value is -3.44. The van der Waals surface area contributed by atoms with E-state index < -0.39 is 83.2 Å². The number of ether oxygens (including phenoxy) is 2. The number of nitrogens with zero attached hydrogens (tertiary/aromatic N) is 7. The molecule has 4 aromatic heterocycles. The van der Waals surface area contributed by atoms with E-state index in [1.807, 2.05) is 0 Å². The van der Waals surface area contributed by atoms with Crippen LogP contribution in [0.3, 0.4) is 0 Å². The molecule has 45 heavy (non-hydrogen) atoms. The number of nitrogen functional groups attached to an aromatic ring is 2. The highest BCUT2D eigenvalue weighted by atomic mass is 31.2. The van der Waals surface area contributed by atoms with Gasteiger partial charge in [0, 0.05) is 0 Å². The van der Waals surface area contributed by atoms with Crippen LogP contribution >= 0.6 is 15.5 Å². The first-order chi connectivity index (χ1) is 21.3. The number of imidazole rings is 2. The molecular weight excluding hydrogens is 646 g/mol. The summed E-state index contributed by atoms with van der Waals surface area (Å²) in [6, 6.07) is -2.99. The summed E-state index contributed by atoms with van der Waals surface area (Å²) in [4.78, 5) is 60.6. The predicted octanol–water partition coefficient (Wildman–Crippen LogP) is -4.46. The Labute approximate surface area is 249 Å². The van der Waals surface area contributed by atoms with Gasteiger partial charge in [0.2, 0.25) is 21.4 Å². The molecule has 4 unspecified atom stereocenters. The monoisotopic (exact) mass is 670 g/mol. The van der Waals surface area contributed by atoms with E-state index in [2.05, 4.69) is 40.1 Å². The van der Waals surface area contributed by atoms with E-state index in [0.29, 0.717) is 0 Å². The molecule has 4 aromatic rings. The summed E-state index contributed by atoms with van der Waals surface area (Å²) in [6.45, 7) is -1.58. The number of aromatic nitrogens is 8. The third kappa shape index (κ3) is 5.31. The summed E-state index contributed by atoms with van der Waals surface area (Å²) in [5, 5.41) is 26.7. The van der Waals surface area contributed by atoms with Crippen molar-refractivity contribution in [3.8, 4) is 0 Å². The van der Waals surface area contributed by atoms with Gasteiger partial charge in [0.25, 0.3) is 5.56 Å².